The molecule has 0 saturated heterocycles. The lowest BCUT2D eigenvalue weighted by Crippen LogP contribution is -2.40. The van der Waals surface area contributed by atoms with Crippen molar-refractivity contribution in [3.63, 3.8) is 0 Å². The maximum Gasteiger partial charge on any atom is 0.338 e. The third kappa shape index (κ3) is 3.25. The number of imide groups is 1. The lowest BCUT2D eigenvalue weighted by Gasteiger charge is -2.29. The molecule has 1 fully saturated rings. The molecule has 27 heavy (non-hydrogen) atoms. The number of aromatic nitrogens is 1. The van der Waals surface area contributed by atoms with Gasteiger partial charge in [-0.15, -0.1) is 0 Å². The van der Waals surface area contributed by atoms with Crippen molar-refractivity contribution in [3.05, 3.63) is 52.4 Å². The minimum absolute atomic E-state index is 0.0195. The SMILES string of the molecule is Cc1cc(COC(=O)c2ccc3c(c2)C(=O)N(C2CCCCC2)C3=O)no1. The summed E-state index contributed by atoms with van der Waals surface area (Å²) in [4.78, 5) is 39.1. The quantitative estimate of drug-likeness (QED) is 0.608. The number of esters is 1. The molecule has 1 aliphatic carbocycles. The standard InChI is InChI=1S/C20H20N2O5/c1-12-9-14(21-27-12)11-26-20(25)13-7-8-16-17(10-13)19(24)22(18(16)23)15-5-3-2-4-6-15/h7-10,15H,2-6,11H2,1H3. The summed E-state index contributed by atoms with van der Waals surface area (Å²) < 4.78 is 10.2. The number of hydrogen-bond donors (Lipinski definition) is 0. The Bertz CT molecular complexity index is 911. The third-order valence-corrected chi connectivity index (χ3v) is 5.12. The van der Waals surface area contributed by atoms with Gasteiger partial charge in [-0.3, -0.25) is 14.5 Å². The van der Waals surface area contributed by atoms with E-state index in [0.29, 0.717) is 17.0 Å². The molecule has 2 heterocycles. The van der Waals surface area contributed by atoms with Crippen LogP contribution in [0.25, 0.3) is 0 Å². The molecule has 0 bridgehead atoms. The van der Waals surface area contributed by atoms with Gasteiger partial charge in [-0.1, -0.05) is 24.4 Å². The van der Waals surface area contributed by atoms with Gasteiger partial charge in [0.1, 0.15) is 18.1 Å². The van der Waals surface area contributed by atoms with Gasteiger partial charge in [0.2, 0.25) is 0 Å². The molecular formula is C20H20N2O5. The third-order valence-electron chi connectivity index (χ3n) is 5.12. The molecule has 1 saturated carbocycles. The van der Waals surface area contributed by atoms with E-state index in [-0.39, 0.29) is 35.6 Å². The van der Waals surface area contributed by atoms with Crippen LogP contribution in [0.2, 0.25) is 0 Å². The van der Waals surface area contributed by atoms with Crippen LogP contribution in [0.1, 0.15) is 74.6 Å². The number of carbonyl (C=O) groups excluding carboxylic acids is 3. The Labute approximate surface area is 156 Å². The van der Waals surface area contributed by atoms with Gasteiger partial charge in [0.25, 0.3) is 11.8 Å². The van der Waals surface area contributed by atoms with Crippen molar-refractivity contribution in [2.45, 2.75) is 51.7 Å². The molecular weight excluding hydrogens is 348 g/mol. The molecule has 4 rings (SSSR count). The summed E-state index contributed by atoms with van der Waals surface area (Å²) in [6.45, 7) is 1.73. The van der Waals surface area contributed by atoms with Crippen LogP contribution in [0, 0.1) is 6.92 Å². The number of ether oxygens (including phenoxy) is 1. The Hall–Kier alpha value is -2.96. The first-order valence-corrected chi connectivity index (χ1v) is 9.16. The fourth-order valence-electron chi connectivity index (χ4n) is 3.77. The monoisotopic (exact) mass is 368 g/mol. The minimum atomic E-state index is -0.574. The largest absolute Gasteiger partial charge is 0.455 e. The van der Waals surface area contributed by atoms with Crippen molar-refractivity contribution in [3.8, 4) is 0 Å². The topological polar surface area (TPSA) is 89.7 Å². The van der Waals surface area contributed by atoms with E-state index >= 15 is 0 Å². The van der Waals surface area contributed by atoms with Gasteiger partial charge in [0, 0.05) is 12.1 Å². The van der Waals surface area contributed by atoms with Crippen LogP contribution in [-0.4, -0.2) is 33.9 Å². The number of aryl methyl sites for hydroxylation is 1. The average molecular weight is 368 g/mol. The molecule has 1 aliphatic heterocycles. The van der Waals surface area contributed by atoms with Gasteiger partial charge in [0.05, 0.1) is 16.7 Å². The van der Waals surface area contributed by atoms with Gasteiger partial charge in [0.15, 0.2) is 0 Å². The first kappa shape index (κ1) is 17.5. The molecule has 7 nitrogen and oxygen atoms in total. The highest BCUT2D eigenvalue weighted by atomic mass is 16.5. The first-order chi connectivity index (χ1) is 13.0. The molecule has 140 valence electrons. The highest BCUT2D eigenvalue weighted by molar-refractivity contribution is 6.22. The van der Waals surface area contributed by atoms with Crippen LogP contribution in [0.5, 0.6) is 0 Å². The van der Waals surface area contributed by atoms with Crippen molar-refractivity contribution >= 4 is 17.8 Å². The maximum absolute atomic E-state index is 12.8. The number of nitrogens with zero attached hydrogens (tertiary/aromatic N) is 2. The lowest BCUT2D eigenvalue weighted by atomic mass is 9.94. The number of carbonyl (C=O) groups is 3. The Balaban J connectivity index is 1.50. The molecule has 0 unspecified atom stereocenters. The number of rotatable bonds is 4. The van der Waals surface area contributed by atoms with Crippen molar-refractivity contribution in [2.75, 3.05) is 0 Å². The summed E-state index contributed by atoms with van der Waals surface area (Å²) in [5, 5.41) is 3.77. The minimum Gasteiger partial charge on any atom is -0.455 e. The van der Waals surface area contributed by atoms with Crippen LogP contribution in [-0.2, 0) is 11.3 Å². The second-order valence-corrected chi connectivity index (χ2v) is 7.04. The molecule has 0 atom stereocenters. The summed E-state index contributed by atoms with van der Waals surface area (Å²) in [5.74, 6) is -0.524. The zero-order valence-electron chi connectivity index (χ0n) is 15.1. The average Bonchev–Trinajstić information content (AvgIpc) is 3.21. The maximum atomic E-state index is 12.8. The number of fused-ring (bicyclic) bond motifs is 1. The summed E-state index contributed by atoms with van der Waals surface area (Å²) in [7, 11) is 0. The van der Waals surface area contributed by atoms with E-state index in [1.54, 1.807) is 13.0 Å². The van der Waals surface area contributed by atoms with Crippen LogP contribution in [0.15, 0.2) is 28.8 Å². The molecule has 1 aromatic carbocycles. The smallest absolute Gasteiger partial charge is 0.338 e. The van der Waals surface area contributed by atoms with E-state index in [9.17, 15) is 14.4 Å². The van der Waals surface area contributed by atoms with E-state index in [1.165, 1.54) is 23.1 Å². The zero-order chi connectivity index (χ0) is 19.0. The summed E-state index contributed by atoms with van der Waals surface area (Å²) in [6.07, 6.45) is 4.88. The van der Waals surface area contributed by atoms with Crippen molar-refractivity contribution in [1.29, 1.82) is 0 Å². The molecule has 2 aliphatic rings. The molecule has 7 heteroatoms. The van der Waals surface area contributed by atoms with E-state index in [2.05, 4.69) is 5.16 Å². The number of hydrogen-bond acceptors (Lipinski definition) is 6. The fourth-order valence-corrected chi connectivity index (χ4v) is 3.77. The van der Waals surface area contributed by atoms with Crippen LogP contribution < -0.4 is 0 Å². The molecule has 0 spiro atoms. The van der Waals surface area contributed by atoms with Gasteiger partial charge in [-0.05, 0) is 38.0 Å². The molecule has 0 radical (unpaired) electrons. The van der Waals surface area contributed by atoms with Crippen molar-refractivity contribution < 1.29 is 23.6 Å². The van der Waals surface area contributed by atoms with Gasteiger partial charge in [-0.2, -0.15) is 0 Å². The zero-order valence-corrected chi connectivity index (χ0v) is 15.1. The fraction of sp³-hybridized carbons (Fsp3) is 0.400. The Kier molecular flexibility index (Phi) is 4.51. The first-order valence-electron chi connectivity index (χ1n) is 9.16. The highest BCUT2D eigenvalue weighted by Gasteiger charge is 2.40. The van der Waals surface area contributed by atoms with E-state index in [0.717, 1.165) is 32.1 Å². The van der Waals surface area contributed by atoms with Gasteiger partial charge >= 0.3 is 5.97 Å². The molecule has 2 aromatic rings. The van der Waals surface area contributed by atoms with Crippen LogP contribution >= 0.6 is 0 Å². The Morgan fingerprint density at radius 3 is 2.59 bits per heavy atom. The second kappa shape index (κ2) is 6.98. The van der Waals surface area contributed by atoms with Crippen molar-refractivity contribution in [2.24, 2.45) is 0 Å². The normalized spacial score (nSPS) is 17.3. The number of amides is 2. The Morgan fingerprint density at radius 2 is 1.89 bits per heavy atom. The van der Waals surface area contributed by atoms with Gasteiger partial charge in [-0.25, -0.2) is 4.79 Å². The van der Waals surface area contributed by atoms with E-state index in [4.69, 9.17) is 9.26 Å². The molecule has 0 N–H and O–H groups in total. The summed E-state index contributed by atoms with van der Waals surface area (Å²) >= 11 is 0. The van der Waals surface area contributed by atoms with Crippen LogP contribution in [0.4, 0.5) is 0 Å². The highest BCUT2D eigenvalue weighted by Crippen LogP contribution is 2.31. The second-order valence-electron chi connectivity index (χ2n) is 7.04. The predicted octanol–water partition coefficient (Wildman–Crippen LogP) is 3.27. The van der Waals surface area contributed by atoms with E-state index in [1.807, 2.05) is 0 Å². The molecule has 1 aromatic heterocycles. The molecule has 2 amide bonds. The lowest BCUT2D eigenvalue weighted by molar-refractivity contribution is 0.0463. The van der Waals surface area contributed by atoms with E-state index < -0.39 is 5.97 Å². The van der Waals surface area contributed by atoms with Crippen LogP contribution in [0.3, 0.4) is 0 Å². The summed E-state index contributed by atoms with van der Waals surface area (Å²) in [5.41, 5.74) is 1.38. The summed E-state index contributed by atoms with van der Waals surface area (Å²) in [6, 6.07) is 6.14. The Morgan fingerprint density at radius 1 is 1.15 bits per heavy atom. The van der Waals surface area contributed by atoms with Crippen molar-refractivity contribution in [1.82, 2.24) is 10.1 Å². The predicted molar refractivity (Wildman–Crippen MR) is 94.2 cm³/mol. The van der Waals surface area contributed by atoms with Gasteiger partial charge < -0.3 is 9.26 Å². The number of benzene rings is 1.